The number of allylic oxidation sites excluding steroid dienone is 2. The van der Waals surface area contributed by atoms with Crippen LogP contribution in [-0.2, 0) is 23.8 Å². The number of hydrogen-bond acceptors (Lipinski definition) is 6. The van der Waals surface area contributed by atoms with Crippen molar-refractivity contribution >= 4 is 11.9 Å². The van der Waals surface area contributed by atoms with Crippen molar-refractivity contribution in [2.75, 3.05) is 13.2 Å². The molecule has 1 aromatic carbocycles. The van der Waals surface area contributed by atoms with Gasteiger partial charge in [-0.05, 0) is 45.4 Å². The van der Waals surface area contributed by atoms with Gasteiger partial charge in [-0.25, -0.2) is 9.59 Å². The molecule has 0 amide bonds. The molecule has 0 aliphatic carbocycles. The normalized spacial score (nSPS) is 15.0. The summed E-state index contributed by atoms with van der Waals surface area (Å²) in [6.45, 7) is 7.14. The van der Waals surface area contributed by atoms with Crippen LogP contribution in [0.1, 0.15) is 39.2 Å². The van der Waals surface area contributed by atoms with Gasteiger partial charge < -0.3 is 19.3 Å². The predicted molar refractivity (Wildman–Crippen MR) is 90.6 cm³/mol. The molecule has 6 heteroatoms. The molecule has 0 spiro atoms. The highest BCUT2D eigenvalue weighted by Gasteiger charge is 2.39. The molecule has 25 heavy (non-hydrogen) atoms. The van der Waals surface area contributed by atoms with Crippen molar-refractivity contribution in [3.63, 3.8) is 0 Å². The second-order valence-corrected chi connectivity index (χ2v) is 5.51. The molecule has 1 heterocycles. The lowest BCUT2D eigenvalue weighted by Crippen LogP contribution is -2.27. The molecule has 0 fully saturated rings. The van der Waals surface area contributed by atoms with Crippen LogP contribution in [0.15, 0.2) is 46.9 Å². The number of carbonyl (C=O) groups is 2. The van der Waals surface area contributed by atoms with Crippen LogP contribution in [0.25, 0.3) is 0 Å². The van der Waals surface area contributed by atoms with E-state index in [-0.39, 0.29) is 30.1 Å². The maximum absolute atomic E-state index is 12.5. The van der Waals surface area contributed by atoms with Gasteiger partial charge in [-0.1, -0.05) is 12.1 Å². The van der Waals surface area contributed by atoms with E-state index >= 15 is 0 Å². The fourth-order valence-electron chi connectivity index (χ4n) is 2.83. The number of benzene rings is 1. The number of hydrogen-bond donors (Lipinski definition) is 1. The first-order valence-electron chi connectivity index (χ1n) is 8.13. The standard InChI is InChI=1S/C19H22O6/c1-5-23-18(21)15-11(3)25-12(4)16(19(22)24-6-2)17(15)13-7-9-14(20)10-8-13/h7-10,17,20H,5-6H2,1-4H3. The van der Waals surface area contributed by atoms with Crippen LogP contribution in [0, 0.1) is 0 Å². The maximum Gasteiger partial charge on any atom is 0.338 e. The smallest absolute Gasteiger partial charge is 0.338 e. The molecular weight excluding hydrogens is 324 g/mol. The first-order chi connectivity index (χ1) is 11.9. The van der Waals surface area contributed by atoms with Gasteiger partial charge in [-0.15, -0.1) is 0 Å². The summed E-state index contributed by atoms with van der Waals surface area (Å²) in [6, 6.07) is 6.32. The van der Waals surface area contributed by atoms with Crippen LogP contribution >= 0.6 is 0 Å². The SMILES string of the molecule is CCOC(=O)C1=C(C)OC(C)=C(C(=O)OCC)C1c1ccc(O)cc1. The van der Waals surface area contributed by atoms with Crippen molar-refractivity contribution < 1.29 is 28.9 Å². The molecule has 0 radical (unpaired) electrons. The van der Waals surface area contributed by atoms with Gasteiger partial charge in [0.15, 0.2) is 0 Å². The second-order valence-electron chi connectivity index (χ2n) is 5.51. The molecule has 2 rings (SSSR count). The zero-order valence-corrected chi connectivity index (χ0v) is 14.8. The first-order valence-corrected chi connectivity index (χ1v) is 8.13. The minimum absolute atomic E-state index is 0.0904. The van der Waals surface area contributed by atoms with Gasteiger partial charge in [0.25, 0.3) is 0 Å². The number of rotatable bonds is 5. The summed E-state index contributed by atoms with van der Waals surface area (Å²) in [6.07, 6.45) is 0. The van der Waals surface area contributed by atoms with Crippen LogP contribution in [-0.4, -0.2) is 30.3 Å². The number of phenolic OH excluding ortho intramolecular Hbond substituents is 1. The van der Waals surface area contributed by atoms with E-state index in [0.717, 1.165) is 0 Å². The predicted octanol–water partition coefficient (Wildman–Crippen LogP) is 3.18. The van der Waals surface area contributed by atoms with Crippen LogP contribution in [0.5, 0.6) is 5.75 Å². The third-order valence-electron chi connectivity index (χ3n) is 3.86. The van der Waals surface area contributed by atoms with Crippen molar-refractivity contribution in [3.8, 4) is 5.75 Å². The molecule has 6 nitrogen and oxygen atoms in total. The molecule has 0 atom stereocenters. The summed E-state index contributed by atoms with van der Waals surface area (Å²) in [5, 5.41) is 9.55. The average Bonchev–Trinajstić information content (AvgIpc) is 2.55. The molecule has 0 aromatic heterocycles. The Hall–Kier alpha value is -2.76. The molecule has 0 saturated heterocycles. The molecule has 0 bridgehead atoms. The Kier molecular flexibility index (Phi) is 5.85. The van der Waals surface area contributed by atoms with Crippen molar-refractivity contribution in [2.45, 2.75) is 33.6 Å². The third-order valence-corrected chi connectivity index (χ3v) is 3.86. The summed E-state index contributed by atoms with van der Waals surface area (Å²) in [4.78, 5) is 25.0. The minimum atomic E-state index is -0.688. The minimum Gasteiger partial charge on any atom is -0.508 e. The fourth-order valence-corrected chi connectivity index (χ4v) is 2.83. The van der Waals surface area contributed by atoms with E-state index in [1.807, 2.05) is 0 Å². The summed E-state index contributed by atoms with van der Waals surface area (Å²) >= 11 is 0. The van der Waals surface area contributed by atoms with E-state index in [1.54, 1.807) is 39.8 Å². The number of aromatic hydroxyl groups is 1. The molecule has 0 unspecified atom stereocenters. The van der Waals surface area contributed by atoms with Gasteiger partial charge >= 0.3 is 11.9 Å². The van der Waals surface area contributed by atoms with E-state index in [1.165, 1.54) is 12.1 Å². The van der Waals surface area contributed by atoms with Gasteiger partial charge in [0, 0.05) is 0 Å². The van der Waals surface area contributed by atoms with Crippen LogP contribution < -0.4 is 0 Å². The Labute approximate surface area is 146 Å². The molecule has 134 valence electrons. The van der Waals surface area contributed by atoms with E-state index in [2.05, 4.69) is 0 Å². The number of esters is 2. The number of carbonyl (C=O) groups excluding carboxylic acids is 2. The monoisotopic (exact) mass is 346 g/mol. The van der Waals surface area contributed by atoms with Crippen LogP contribution in [0.3, 0.4) is 0 Å². The summed E-state index contributed by atoms with van der Waals surface area (Å²) in [5.74, 6) is -0.941. The highest BCUT2D eigenvalue weighted by atomic mass is 16.5. The van der Waals surface area contributed by atoms with Crippen molar-refractivity contribution in [1.82, 2.24) is 0 Å². The molecular formula is C19H22O6. The van der Waals surface area contributed by atoms with Crippen LogP contribution in [0.4, 0.5) is 0 Å². The largest absolute Gasteiger partial charge is 0.508 e. The number of ether oxygens (including phenoxy) is 3. The molecule has 1 aliphatic rings. The van der Waals surface area contributed by atoms with E-state index in [4.69, 9.17) is 14.2 Å². The van der Waals surface area contributed by atoms with Crippen molar-refractivity contribution in [2.24, 2.45) is 0 Å². The second kappa shape index (κ2) is 7.88. The Bertz CT molecular complexity index is 687. The highest BCUT2D eigenvalue weighted by molar-refractivity contribution is 5.99. The maximum atomic E-state index is 12.5. The zero-order chi connectivity index (χ0) is 18.6. The summed E-state index contributed by atoms with van der Waals surface area (Å²) in [5.41, 5.74) is 1.16. The zero-order valence-electron chi connectivity index (χ0n) is 14.8. The number of phenols is 1. The van der Waals surface area contributed by atoms with Crippen molar-refractivity contribution in [1.29, 1.82) is 0 Å². The lowest BCUT2D eigenvalue weighted by Gasteiger charge is -2.29. The Morgan fingerprint density at radius 2 is 1.40 bits per heavy atom. The molecule has 1 aliphatic heterocycles. The summed E-state index contributed by atoms with van der Waals surface area (Å²) in [7, 11) is 0. The van der Waals surface area contributed by atoms with E-state index in [0.29, 0.717) is 17.1 Å². The van der Waals surface area contributed by atoms with E-state index < -0.39 is 17.9 Å². The Morgan fingerprint density at radius 3 is 1.80 bits per heavy atom. The Balaban J connectivity index is 2.61. The average molecular weight is 346 g/mol. The van der Waals surface area contributed by atoms with Gasteiger partial charge in [0.05, 0.1) is 30.3 Å². The van der Waals surface area contributed by atoms with Gasteiger partial charge in [-0.2, -0.15) is 0 Å². The lowest BCUT2D eigenvalue weighted by atomic mass is 9.81. The van der Waals surface area contributed by atoms with Gasteiger partial charge in [0.1, 0.15) is 17.3 Å². The van der Waals surface area contributed by atoms with Gasteiger partial charge in [0.2, 0.25) is 0 Å². The molecule has 0 saturated carbocycles. The third kappa shape index (κ3) is 3.84. The van der Waals surface area contributed by atoms with Crippen LogP contribution in [0.2, 0.25) is 0 Å². The molecule has 1 aromatic rings. The van der Waals surface area contributed by atoms with Gasteiger partial charge in [-0.3, -0.25) is 0 Å². The topological polar surface area (TPSA) is 82.1 Å². The highest BCUT2D eigenvalue weighted by Crippen LogP contribution is 2.41. The molecule has 1 N–H and O–H groups in total. The van der Waals surface area contributed by atoms with Crippen molar-refractivity contribution in [3.05, 3.63) is 52.5 Å². The first kappa shape index (κ1) is 18.6. The Morgan fingerprint density at radius 1 is 0.960 bits per heavy atom. The lowest BCUT2D eigenvalue weighted by molar-refractivity contribution is -0.140. The summed E-state index contributed by atoms with van der Waals surface area (Å²) < 4.78 is 15.9. The van der Waals surface area contributed by atoms with E-state index in [9.17, 15) is 14.7 Å². The fraction of sp³-hybridized carbons (Fsp3) is 0.368. The quantitative estimate of drug-likeness (QED) is 0.825.